The summed E-state index contributed by atoms with van der Waals surface area (Å²) in [6.45, 7) is 13.3. The first-order chi connectivity index (χ1) is 13.9. The zero-order chi connectivity index (χ0) is 22.6. The molecule has 0 spiro atoms. The lowest BCUT2D eigenvalue weighted by Gasteiger charge is -2.53. The van der Waals surface area contributed by atoms with E-state index in [1.54, 1.807) is 0 Å². The Morgan fingerprint density at radius 2 is 1.03 bits per heavy atom. The second-order valence-corrected chi connectivity index (χ2v) is 11.3. The molecule has 2 aliphatic rings. The summed E-state index contributed by atoms with van der Waals surface area (Å²) in [6, 6.07) is 0. The summed E-state index contributed by atoms with van der Waals surface area (Å²) in [5.41, 5.74) is -1.88. The van der Waals surface area contributed by atoms with Crippen molar-refractivity contribution in [3.63, 3.8) is 0 Å². The van der Waals surface area contributed by atoms with Crippen molar-refractivity contribution in [3.8, 4) is 0 Å². The molecule has 0 radical (unpaired) electrons. The van der Waals surface area contributed by atoms with E-state index >= 15 is 0 Å². The van der Waals surface area contributed by atoms with Gasteiger partial charge in [-0.25, -0.2) is 14.5 Å². The third kappa shape index (κ3) is 6.13. The Bertz CT molecular complexity index is 529. The number of ether oxygens (including phenoxy) is 2. The van der Waals surface area contributed by atoms with Crippen LogP contribution in [0, 0.1) is 11.8 Å². The van der Waals surface area contributed by atoms with Crippen LogP contribution in [0.5, 0.6) is 0 Å². The Morgan fingerprint density at radius 1 is 0.700 bits per heavy atom. The fourth-order valence-corrected chi connectivity index (χ4v) is 5.67. The van der Waals surface area contributed by atoms with E-state index in [1.165, 1.54) is 17.7 Å². The summed E-state index contributed by atoms with van der Waals surface area (Å²) in [4.78, 5) is 28.6. The van der Waals surface area contributed by atoms with Crippen molar-refractivity contribution >= 4 is 12.2 Å². The normalized spacial score (nSPS) is 20.0. The molecule has 0 heterocycles. The van der Waals surface area contributed by atoms with E-state index in [-0.39, 0.29) is 0 Å². The number of nitrogens with zero attached hydrogens (tertiary/aromatic N) is 1. The Labute approximate surface area is 184 Å². The molecule has 0 aromatic carbocycles. The molecule has 5 nitrogen and oxygen atoms in total. The van der Waals surface area contributed by atoms with Crippen LogP contribution < -0.4 is 0 Å². The molecule has 0 aromatic rings. The monoisotopic (exact) mass is 423 g/mol. The number of hydrogen-bond donors (Lipinski definition) is 0. The van der Waals surface area contributed by atoms with Crippen LogP contribution in [0.15, 0.2) is 0 Å². The molecule has 0 bridgehead atoms. The Hall–Kier alpha value is -1.26. The second-order valence-electron chi connectivity index (χ2n) is 11.3. The van der Waals surface area contributed by atoms with Crippen LogP contribution in [-0.2, 0) is 9.47 Å². The van der Waals surface area contributed by atoms with E-state index in [9.17, 15) is 9.59 Å². The number of imide groups is 1. The van der Waals surface area contributed by atoms with Gasteiger partial charge in [-0.15, -0.1) is 0 Å². The zero-order valence-electron chi connectivity index (χ0n) is 20.5. The summed E-state index contributed by atoms with van der Waals surface area (Å²) in [5.74, 6) is 0.610. The molecule has 2 saturated carbocycles. The highest BCUT2D eigenvalue weighted by Gasteiger charge is 2.55. The van der Waals surface area contributed by atoms with Gasteiger partial charge in [-0.3, -0.25) is 0 Å². The van der Waals surface area contributed by atoms with Gasteiger partial charge in [-0.1, -0.05) is 45.4 Å². The van der Waals surface area contributed by atoms with Crippen LogP contribution in [0.2, 0.25) is 0 Å². The minimum atomic E-state index is -0.671. The van der Waals surface area contributed by atoms with Gasteiger partial charge in [0.05, 0.1) is 5.54 Å². The molecule has 174 valence electrons. The molecule has 0 saturated heterocycles. The fraction of sp³-hybridized carbons (Fsp3) is 0.920. The highest BCUT2D eigenvalue weighted by molar-refractivity contribution is 5.89. The van der Waals surface area contributed by atoms with Gasteiger partial charge in [-0.2, -0.15) is 0 Å². The predicted octanol–water partition coefficient (Wildman–Crippen LogP) is 7.47. The van der Waals surface area contributed by atoms with E-state index in [2.05, 4.69) is 6.92 Å². The third-order valence-corrected chi connectivity index (χ3v) is 6.76. The average Bonchev–Trinajstić information content (AvgIpc) is 2.64. The van der Waals surface area contributed by atoms with Gasteiger partial charge in [0.25, 0.3) is 0 Å². The van der Waals surface area contributed by atoms with E-state index in [0.717, 1.165) is 57.8 Å². The van der Waals surface area contributed by atoms with Gasteiger partial charge in [-0.05, 0) is 85.5 Å². The van der Waals surface area contributed by atoms with Crippen molar-refractivity contribution in [1.82, 2.24) is 4.90 Å². The minimum absolute atomic E-state index is 0.305. The molecule has 0 aromatic heterocycles. The van der Waals surface area contributed by atoms with Gasteiger partial charge in [0.15, 0.2) is 0 Å². The third-order valence-electron chi connectivity index (χ3n) is 6.76. The Balaban J connectivity index is 2.56. The molecule has 0 unspecified atom stereocenters. The molecular weight excluding hydrogens is 378 g/mol. The molecule has 2 amide bonds. The van der Waals surface area contributed by atoms with Crippen LogP contribution in [0.1, 0.15) is 119 Å². The molecule has 30 heavy (non-hydrogen) atoms. The number of rotatable bonds is 4. The first-order valence-corrected chi connectivity index (χ1v) is 12.2. The maximum absolute atomic E-state index is 13.6. The van der Waals surface area contributed by atoms with Gasteiger partial charge in [0.2, 0.25) is 0 Å². The van der Waals surface area contributed by atoms with Crippen molar-refractivity contribution in [1.29, 1.82) is 0 Å². The maximum atomic E-state index is 13.6. The van der Waals surface area contributed by atoms with Crippen molar-refractivity contribution in [2.24, 2.45) is 11.8 Å². The molecule has 5 heteroatoms. The van der Waals surface area contributed by atoms with Gasteiger partial charge < -0.3 is 9.47 Å². The number of carbonyl (C=O) groups is 2. The first-order valence-electron chi connectivity index (χ1n) is 12.2. The summed E-state index contributed by atoms with van der Waals surface area (Å²) < 4.78 is 11.6. The molecular formula is C25H45NO4. The smallest absolute Gasteiger partial charge is 0.420 e. The van der Waals surface area contributed by atoms with Gasteiger partial charge in [0, 0.05) is 0 Å². The van der Waals surface area contributed by atoms with Gasteiger partial charge in [0.1, 0.15) is 11.2 Å². The molecule has 0 aliphatic heterocycles. The molecule has 2 aliphatic carbocycles. The highest BCUT2D eigenvalue weighted by atomic mass is 16.6. The number of amides is 2. The fourth-order valence-electron chi connectivity index (χ4n) is 5.67. The van der Waals surface area contributed by atoms with Crippen molar-refractivity contribution < 1.29 is 19.1 Å². The Morgan fingerprint density at radius 3 is 1.30 bits per heavy atom. The lowest BCUT2D eigenvalue weighted by molar-refractivity contribution is -0.0680. The zero-order valence-corrected chi connectivity index (χ0v) is 20.5. The topological polar surface area (TPSA) is 55.8 Å². The van der Waals surface area contributed by atoms with Gasteiger partial charge >= 0.3 is 12.2 Å². The largest absolute Gasteiger partial charge is 0.443 e. The van der Waals surface area contributed by atoms with E-state index in [0.29, 0.717) is 11.8 Å². The number of hydrogen-bond acceptors (Lipinski definition) is 4. The second kappa shape index (κ2) is 9.91. The van der Waals surface area contributed by atoms with Crippen LogP contribution in [-0.4, -0.2) is 33.8 Å². The van der Waals surface area contributed by atoms with Crippen molar-refractivity contribution in [2.75, 3.05) is 0 Å². The summed E-state index contributed by atoms with van der Waals surface area (Å²) in [7, 11) is 0. The molecule has 0 N–H and O–H groups in total. The Kier molecular flexibility index (Phi) is 8.26. The standard InChI is InChI=1S/C25H45NO4/c1-8-25(19-15-11-9-12-16-19,20-17-13-10-14-18-20)26(21(27)29-23(2,3)4)22(28)30-24(5,6)7/h19-20H,8-18H2,1-7H3. The first kappa shape index (κ1) is 25.0. The lowest BCUT2D eigenvalue weighted by atomic mass is 9.62. The van der Waals surface area contributed by atoms with Crippen LogP contribution >= 0.6 is 0 Å². The van der Waals surface area contributed by atoms with Crippen LogP contribution in [0.4, 0.5) is 9.59 Å². The lowest BCUT2D eigenvalue weighted by Crippen LogP contribution is -2.64. The maximum Gasteiger partial charge on any atom is 0.420 e. The quantitative estimate of drug-likeness (QED) is 0.470. The SMILES string of the molecule is CCC(C1CCCCC1)(C1CCCCC1)N(C(=O)OC(C)(C)C)C(=O)OC(C)(C)C. The molecule has 0 atom stereocenters. The van der Waals surface area contributed by atoms with E-state index < -0.39 is 28.9 Å². The van der Waals surface area contributed by atoms with Crippen LogP contribution in [0.3, 0.4) is 0 Å². The average molecular weight is 424 g/mol. The summed E-state index contributed by atoms with van der Waals surface area (Å²) >= 11 is 0. The van der Waals surface area contributed by atoms with E-state index in [4.69, 9.17) is 9.47 Å². The number of carbonyl (C=O) groups excluding carboxylic acids is 2. The van der Waals surface area contributed by atoms with Crippen molar-refractivity contribution in [2.45, 2.75) is 136 Å². The van der Waals surface area contributed by atoms with E-state index in [1.807, 2.05) is 41.5 Å². The summed E-state index contributed by atoms with van der Waals surface area (Å²) in [5, 5.41) is 0. The van der Waals surface area contributed by atoms with Crippen molar-refractivity contribution in [3.05, 3.63) is 0 Å². The van der Waals surface area contributed by atoms with Crippen LogP contribution in [0.25, 0.3) is 0 Å². The minimum Gasteiger partial charge on any atom is -0.443 e. The summed E-state index contributed by atoms with van der Waals surface area (Å²) in [6.07, 6.45) is 11.0. The predicted molar refractivity (Wildman–Crippen MR) is 120 cm³/mol. The highest BCUT2D eigenvalue weighted by Crippen LogP contribution is 2.49. The molecule has 2 fully saturated rings. The molecule has 2 rings (SSSR count).